The summed E-state index contributed by atoms with van der Waals surface area (Å²) in [5, 5.41) is 8.40. The molecule has 3 heteroatoms. The van der Waals surface area contributed by atoms with Crippen LogP contribution in [-0.2, 0) is 11.2 Å². The maximum Gasteiger partial charge on any atom is 0.119 e. The molecule has 1 aliphatic carbocycles. The van der Waals surface area contributed by atoms with E-state index >= 15 is 0 Å². The fourth-order valence-electron chi connectivity index (χ4n) is 2.83. The average molecular weight is 374 g/mol. The number of benzene rings is 3. The van der Waals surface area contributed by atoms with E-state index in [0.717, 1.165) is 12.2 Å². The van der Waals surface area contributed by atoms with E-state index in [1.807, 2.05) is 30.3 Å². The van der Waals surface area contributed by atoms with Crippen molar-refractivity contribution in [2.24, 2.45) is 0 Å². The van der Waals surface area contributed by atoms with Crippen molar-refractivity contribution >= 4 is 0 Å². The number of para-hydroxylation sites is 1. The van der Waals surface area contributed by atoms with Crippen molar-refractivity contribution in [2.45, 2.75) is 6.42 Å². The zero-order valence-electron chi connectivity index (χ0n) is 16.0. The normalized spacial score (nSPS) is 10.0. The fourth-order valence-corrected chi connectivity index (χ4v) is 2.83. The summed E-state index contributed by atoms with van der Waals surface area (Å²) in [4.78, 5) is 0. The Kier molecular flexibility index (Phi) is 9.12. The molecule has 28 heavy (non-hydrogen) atoms. The van der Waals surface area contributed by atoms with Crippen LogP contribution >= 0.6 is 0 Å². The highest BCUT2D eigenvalue weighted by molar-refractivity contribution is 5.76. The van der Waals surface area contributed by atoms with E-state index < -0.39 is 0 Å². The van der Waals surface area contributed by atoms with Gasteiger partial charge in [0, 0.05) is 0 Å². The molecule has 0 saturated carbocycles. The lowest BCUT2D eigenvalue weighted by atomic mass is 10.1. The predicted molar refractivity (Wildman–Crippen MR) is 115 cm³/mol. The summed E-state index contributed by atoms with van der Waals surface area (Å²) < 4.78 is 9.47. The molecule has 0 fully saturated rings. The maximum atomic E-state index is 8.40. The number of fused-ring (bicyclic) bond motifs is 3. The van der Waals surface area contributed by atoms with Crippen molar-refractivity contribution in [1.29, 1.82) is 0 Å². The van der Waals surface area contributed by atoms with Gasteiger partial charge in [0.05, 0.1) is 19.1 Å². The van der Waals surface area contributed by atoms with Crippen LogP contribution in [0.25, 0.3) is 11.1 Å². The Morgan fingerprint density at radius 2 is 1.25 bits per heavy atom. The summed E-state index contributed by atoms with van der Waals surface area (Å²) in [6, 6.07) is 26.7. The Labute approximate surface area is 167 Å². The van der Waals surface area contributed by atoms with Crippen molar-refractivity contribution in [3.63, 3.8) is 0 Å². The zero-order valence-corrected chi connectivity index (χ0v) is 16.0. The van der Waals surface area contributed by atoms with E-state index in [1.54, 1.807) is 0 Å². The van der Waals surface area contributed by atoms with Crippen LogP contribution in [0.2, 0.25) is 0 Å². The Morgan fingerprint density at radius 1 is 0.750 bits per heavy atom. The molecule has 0 aliphatic heterocycles. The Morgan fingerprint density at radius 3 is 1.71 bits per heavy atom. The minimum atomic E-state index is 0.0644. The van der Waals surface area contributed by atoms with Crippen molar-refractivity contribution < 1.29 is 14.6 Å². The lowest BCUT2D eigenvalue weighted by Crippen LogP contribution is -2.00. The van der Waals surface area contributed by atoms with E-state index in [1.165, 1.54) is 34.8 Å². The van der Waals surface area contributed by atoms with E-state index in [4.69, 9.17) is 9.84 Å². The van der Waals surface area contributed by atoms with Gasteiger partial charge in [0.2, 0.25) is 0 Å². The van der Waals surface area contributed by atoms with Crippen molar-refractivity contribution in [3.8, 4) is 16.9 Å². The molecule has 144 valence electrons. The number of hydrogen-bond donors (Lipinski definition) is 1. The lowest BCUT2D eigenvalue weighted by Gasteiger charge is -2.01. The first-order valence-corrected chi connectivity index (χ1v) is 9.12. The van der Waals surface area contributed by atoms with Gasteiger partial charge in [0.15, 0.2) is 0 Å². The predicted octanol–water partition coefficient (Wildman–Crippen LogP) is 5.61. The topological polar surface area (TPSA) is 38.7 Å². The maximum absolute atomic E-state index is 8.40. The van der Waals surface area contributed by atoms with Crippen LogP contribution in [0.3, 0.4) is 0 Å². The first-order chi connectivity index (χ1) is 13.8. The van der Waals surface area contributed by atoms with Gasteiger partial charge >= 0.3 is 0 Å². The first-order valence-electron chi connectivity index (χ1n) is 9.12. The second-order valence-corrected chi connectivity index (χ2v) is 5.85. The van der Waals surface area contributed by atoms with Gasteiger partial charge in [-0.1, -0.05) is 79.9 Å². The zero-order chi connectivity index (χ0) is 20.0. The fraction of sp³-hybridized carbons (Fsp3) is 0.120. The summed E-state index contributed by atoms with van der Waals surface area (Å²) in [5.41, 5.74) is 5.75. The van der Waals surface area contributed by atoms with E-state index in [-0.39, 0.29) is 6.61 Å². The molecule has 0 amide bonds. The van der Waals surface area contributed by atoms with Crippen LogP contribution in [0.1, 0.15) is 11.1 Å². The van der Waals surface area contributed by atoms with Gasteiger partial charge < -0.3 is 14.6 Å². The molecule has 0 spiro atoms. The second kappa shape index (κ2) is 12.2. The van der Waals surface area contributed by atoms with Crippen LogP contribution in [0, 0.1) is 0 Å². The van der Waals surface area contributed by atoms with Crippen molar-refractivity contribution in [1.82, 2.24) is 0 Å². The molecule has 0 atom stereocenters. The van der Waals surface area contributed by atoms with Gasteiger partial charge in [-0.2, -0.15) is 0 Å². The van der Waals surface area contributed by atoms with E-state index in [0.29, 0.717) is 6.61 Å². The molecule has 3 aromatic carbocycles. The number of ether oxygens (including phenoxy) is 2. The molecular formula is C25H26O3. The molecule has 3 aromatic rings. The van der Waals surface area contributed by atoms with Crippen molar-refractivity contribution in [3.05, 3.63) is 116 Å². The van der Waals surface area contributed by atoms with Gasteiger partial charge in [-0.25, -0.2) is 0 Å². The van der Waals surface area contributed by atoms with Crippen molar-refractivity contribution in [2.75, 3.05) is 13.2 Å². The van der Waals surface area contributed by atoms with Crippen LogP contribution in [-0.4, -0.2) is 18.3 Å². The molecule has 0 heterocycles. The molecular weight excluding hydrogens is 348 g/mol. The van der Waals surface area contributed by atoms with Gasteiger partial charge in [-0.3, -0.25) is 0 Å². The molecule has 0 radical (unpaired) electrons. The Hall–Kier alpha value is -3.30. The summed E-state index contributed by atoms with van der Waals surface area (Å²) in [6.45, 7) is 6.94. The SMILES string of the molecule is C=COC=C.OCCOc1ccccc1.c1ccc2c(c1)Cc1ccccc1-2. The molecule has 4 rings (SSSR count). The minimum absolute atomic E-state index is 0.0644. The highest BCUT2D eigenvalue weighted by Crippen LogP contribution is 2.35. The number of hydrogen-bond acceptors (Lipinski definition) is 3. The number of aliphatic hydroxyl groups excluding tert-OH is 1. The van der Waals surface area contributed by atoms with Gasteiger partial charge in [-0.15, -0.1) is 0 Å². The first kappa shape index (κ1) is 21.0. The van der Waals surface area contributed by atoms with Crippen LogP contribution < -0.4 is 4.74 Å². The third-order valence-electron chi connectivity index (χ3n) is 4.00. The number of rotatable bonds is 5. The summed E-state index contributed by atoms with van der Waals surface area (Å²) >= 11 is 0. The quantitative estimate of drug-likeness (QED) is 0.462. The molecule has 3 nitrogen and oxygen atoms in total. The Balaban J connectivity index is 0.000000167. The molecule has 0 saturated heterocycles. The highest BCUT2D eigenvalue weighted by atomic mass is 16.5. The standard InChI is InChI=1S/C13H10.C8H10O2.C4H6O/c1-3-7-12-10(5-1)9-11-6-2-4-8-13(11)12;9-6-7-10-8-4-2-1-3-5-8;1-3-5-4-2/h1-8H,9H2;1-5,9H,6-7H2;3-4H,1-2H2. The minimum Gasteiger partial charge on any atom is -0.491 e. The lowest BCUT2D eigenvalue weighted by molar-refractivity contribution is 0.201. The van der Waals surface area contributed by atoms with E-state index in [9.17, 15) is 0 Å². The third kappa shape index (κ3) is 6.45. The molecule has 0 bridgehead atoms. The number of aliphatic hydroxyl groups is 1. The average Bonchev–Trinajstić information content (AvgIpc) is 3.13. The second-order valence-electron chi connectivity index (χ2n) is 5.85. The molecule has 1 aliphatic rings. The third-order valence-corrected chi connectivity index (χ3v) is 4.00. The molecule has 0 unspecified atom stereocenters. The monoisotopic (exact) mass is 374 g/mol. The summed E-state index contributed by atoms with van der Waals surface area (Å²) in [7, 11) is 0. The van der Waals surface area contributed by atoms with Crippen LogP contribution in [0.15, 0.2) is 105 Å². The molecule has 0 aromatic heterocycles. The van der Waals surface area contributed by atoms with Crippen LogP contribution in [0.5, 0.6) is 5.75 Å². The van der Waals surface area contributed by atoms with Crippen LogP contribution in [0.4, 0.5) is 0 Å². The smallest absolute Gasteiger partial charge is 0.119 e. The highest BCUT2D eigenvalue weighted by Gasteiger charge is 2.15. The Bertz CT molecular complexity index is 807. The summed E-state index contributed by atoms with van der Waals surface area (Å²) in [6.07, 6.45) is 3.73. The van der Waals surface area contributed by atoms with Gasteiger partial charge in [0.1, 0.15) is 12.4 Å². The van der Waals surface area contributed by atoms with E-state index in [2.05, 4.69) is 66.4 Å². The van der Waals surface area contributed by atoms with Gasteiger partial charge in [-0.05, 0) is 40.8 Å². The summed E-state index contributed by atoms with van der Waals surface area (Å²) in [5.74, 6) is 0.802. The largest absolute Gasteiger partial charge is 0.491 e. The van der Waals surface area contributed by atoms with Gasteiger partial charge in [0.25, 0.3) is 0 Å². The molecule has 1 N–H and O–H groups in total.